The van der Waals surface area contributed by atoms with E-state index < -0.39 is 10.0 Å². The smallest absolute Gasteiger partial charge is 0.229 e. The minimum atomic E-state index is -3.37. The maximum Gasteiger partial charge on any atom is 0.229 e. The Hall–Kier alpha value is -3.58. The van der Waals surface area contributed by atoms with Crippen LogP contribution >= 0.6 is 0 Å². The number of sulfonamides is 1. The minimum absolute atomic E-state index is 0.462. The van der Waals surface area contributed by atoms with Crippen molar-refractivity contribution >= 4 is 37.8 Å². The highest BCUT2D eigenvalue weighted by Crippen LogP contribution is 2.43. The van der Waals surface area contributed by atoms with E-state index in [-0.39, 0.29) is 0 Å². The van der Waals surface area contributed by atoms with E-state index in [1.807, 2.05) is 54.3 Å². The highest BCUT2D eigenvalue weighted by atomic mass is 32.2. The van der Waals surface area contributed by atoms with Gasteiger partial charge in [-0.2, -0.15) is 5.10 Å². The Kier molecular flexibility index (Phi) is 5.21. The lowest BCUT2D eigenvalue weighted by Crippen LogP contribution is -2.09. The topological polar surface area (TPSA) is 73.2 Å². The van der Waals surface area contributed by atoms with Crippen molar-refractivity contribution in [1.82, 2.24) is 9.78 Å². The Morgan fingerprint density at radius 2 is 1.91 bits per heavy atom. The normalized spacial score (nSPS) is 14.8. The van der Waals surface area contributed by atoms with Crippen molar-refractivity contribution in [1.29, 1.82) is 0 Å². The van der Waals surface area contributed by atoms with E-state index in [0.29, 0.717) is 12.3 Å². The molecule has 1 aliphatic heterocycles. The largest absolute Gasteiger partial charge is 0.488 e. The number of aryl methyl sites for hydroxylation is 1. The van der Waals surface area contributed by atoms with Crippen LogP contribution in [0.1, 0.15) is 35.6 Å². The zero-order valence-electron chi connectivity index (χ0n) is 18.8. The lowest BCUT2D eigenvalue weighted by atomic mass is 9.86. The first-order valence-corrected chi connectivity index (χ1v) is 12.7. The molecule has 3 aromatic carbocycles. The summed E-state index contributed by atoms with van der Waals surface area (Å²) < 4.78 is 34.3. The highest BCUT2D eigenvalue weighted by molar-refractivity contribution is 7.92. The van der Waals surface area contributed by atoms with Crippen LogP contribution in [0.15, 0.2) is 66.9 Å². The Morgan fingerprint density at radius 1 is 1.09 bits per heavy atom. The Labute approximate surface area is 193 Å². The number of benzene rings is 3. The van der Waals surface area contributed by atoms with Gasteiger partial charge in [-0.25, -0.2) is 8.42 Å². The molecule has 0 amide bonds. The fourth-order valence-corrected chi connectivity index (χ4v) is 5.08. The molecule has 0 saturated heterocycles. The fraction of sp³-hybridized carbons (Fsp3) is 0.192. The molecular formula is C26H25N3O3S. The van der Waals surface area contributed by atoms with E-state index in [1.165, 1.54) is 0 Å². The molecular weight excluding hydrogens is 434 g/mol. The van der Waals surface area contributed by atoms with Crippen LogP contribution in [0.3, 0.4) is 0 Å². The molecule has 0 atom stereocenters. The molecule has 7 heteroatoms. The number of allylic oxidation sites excluding steroid dienone is 1. The van der Waals surface area contributed by atoms with E-state index >= 15 is 0 Å². The number of hydrogen-bond donors (Lipinski definition) is 1. The SMILES string of the molecule is CC/C(=C1/c2cc3cnn(C)c3cc2COc2ccccc21)c1cccc(NS(C)(=O)=O)c1. The van der Waals surface area contributed by atoms with Crippen molar-refractivity contribution in [2.45, 2.75) is 20.0 Å². The van der Waals surface area contributed by atoms with Crippen LogP contribution in [-0.4, -0.2) is 24.5 Å². The lowest BCUT2D eigenvalue weighted by Gasteiger charge is -2.18. The van der Waals surface area contributed by atoms with E-state index in [2.05, 4.69) is 34.9 Å². The van der Waals surface area contributed by atoms with Gasteiger partial charge in [0.1, 0.15) is 12.4 Å². The Morgan fingerprint density at radius 3 is 2.70 bits per heavy atom. The molecule has 168 valence electrons. The molecule has 33 heavy (non-hydrogen) atoms. The van der Waals surface area contributed by atoms with Crippen LogP contribution in [-0.2, 0) is 23.7 Å². The fourth-order valence-electron chi connectivity index (χ4n) is 4.53. The van der Waals surface area contributed by atoms with Crippen LogP contribution in [0.5, 0.6) is 5.75 Å². The summed E-state index contributed by atoms with van der Waals surface area (Å²) in [6, 6.07) is 20.0. The number of ether oxygens (including phenoxy) is 1. The molecule has 4 aromatic rings. The first-order valence-electron chi connectivity index (χ1n) is 10.8. The molecule has 0 fully saturated rings. The van der Waals surface area contributed by atoms with Crippen LogP contribution in [0.2, 0.25) is 0 Å². The van der Waals surface area contributed by atoms with Gasteiger partial charge >= 0.3 is 0 Å². The summed E-state index contributed by atoms with van der Waals surface area (Å²) in [6.07, 6.45) is 3.80. The molecule has 0 unspecified atom stereocenters. The van der Waals surface area contributed by atoms with Gasteiger partial charge in [-0.05, 0) is 64.6 Å². The van der Waals surface area contributed by atoms with Gasteiger partial charge in [0, 0.05) is 23.7 Å². The summed E-state index contributed by atoms with van der Waals surface area (Å²) in [6.45, 7) is 2.58. The molecule has 0 radical (unpaired) electrons. The van der Waals surface area contributed by atoms with Gasteiger partial charge in [0.15, 0.2) is 0 Å². The van der Waals surface area contributed by atoms with Gasteiger partial charge in [0.2, 0.25) is 10.0 Å². The summed E-state index contributed by atoms with van der Waals surface area (Å²) in [5, 5.41) is 5.49. The summed E-state index contributed by atoms with van der Waals surface area (Å²) in [5.74, 6) is 0.835. The maximum atomic E-state index is 11.8. The van der Waals surface area contributed by atoms with Gasteiger partial charge in [-0.15, -0.1) is 0 Å². The van der Waals surface area contributed by atoms with Crippen molar-refractivity contribution in [2.75, 3.05) is 11.0 Å². The Bertz CT molecular complexity index is 1520. The minimum Gasteiger partial charge on any atom is -0.488 e. The zero-order chi connectivity index (χ0) is 23.2. The van der Waals surface area contributed by atoms with Crippen molar-refractivity contribution in [2.24, 2.45) is 7.05 Å². The molecule has 0 saturated carbocycles. The average Bonchev–Trinajstić information content (AvgIpc) is 3.06. The lowest BCUT2D eigenvalue weighted by molar-refractivity contribution is 0.307. The number of nitrogens with one attached hydrogen (secondary N) is 1. The summed E-state index contributed by atoms with van der Waals surface area (Å²) in [7, 11) is -1.43. The highest BCUT2D eigenvalue weighted by Gasteiger charge is 2.24. The number of anilines is 1. The van der Waals surface area contributed by atoms with Crippen molar-refractivity contribution in [3.05, 3.63) is 89.1 Å². The van der Waals surface area contributed by atoms with E-state index in [4.69, 9.17) is 4.74 Å². The second-order valence-electron chi connectivity index (χ2n) is 8.28. The molecule has 0 bridgehead atoms. The monoisotopic (exact) mass is 459 g/mol. The number of nitrogens with zero attached hydrogens (tertiary/aromatic N) is 2. The van der Waals surface area contributed by atoms with Crippen molar-refractivity contribution in [3.8, 4) is 5.75 Å². The van der Waals surface area contributed by atoms with Crippen molar-refractivity contribution < 1.29 is 13.2 Å². The van der Waals surface area contributed by atoms with Gasteiger partial charge in [-0.1, -0.05) is 37.3 Å². The second-order valence-corrected chi connectivity index (χ2v) is 10.0. The first kappa shape index (κ1) is 21.3. The average molecular weight is 460 g/mol. The summed E-state index contributed by atoms with van der Waals surface area (Å²) in [5.41, 5.74) is 8.01. The third kappa shape index (κ3) is 4.00. The number of para-hydroxylation sites is 1. The van der Waals surface area contributed by atoms with Gasteiger partial charge in [-0.3, -0.25) is 9.40 Å². The third-order valence-corrected chi connectivity index (χ3v) is 6.56. The zero-order valence-corrected chi connectivity index (χ0v) is 19.6. The van der Waals surface area contributed by atoms with Crippen LogP contribution < -0.4 is 9.46 Å². The molecule has 1 aromatic heterocycles. The first-order chi connectivity index (χ1) is 15.8. The molecule has 1 N–H and O–H groups in total. The van der Waals surface area contributed by atoms with Gasteiger partial charge in [0.25, 0.3) is 0 Å². The predicted molar refractivity (Wildman–Crippen MR) is 133 cm³/mol. The number of aromatic nitrogens is 2. The summed E-state index contributed by atoms with van der Waals surface area (Å²) >= 11 is 0. The standard InChI is InChI=1S/C26H25N3O3S/c1-4-21(17-8-7-9-20(12-17)28-33(3,30)31)26-22-10-5-6-11-25(22)32-16-19-14-24-18(13-23(19)26)15-27-29(24)2/h5-15,28H,4,16H2,1-3H3/b26-21-. The van der Waals surface area contributed by atoms with Crippen LogP contribution in [0.4, 0.5) is 5.69 Å². The van der Waals surface area contributed by atoms with Crippen LogP contribution in [0, 0.1) is 0 Å². The number of fused-ring (bicyclic) bond motifs is 3. The Balaban J connectivity index is 1.81. The van der Waals surface area contributed by atoms with E-state index in [1.54, 1.807) is 6.07 Å². The second kappa shape index (κ2) is 8.08. The quantitative estimate of drug-likeness (QED) is 0.455. The molecule has 0 aliphatic carbocycles. The van der Waals surface area contributed by atoms with Crippen molar-refractivity contribution in [3.63, 3.8) is 0 Å². The van der Waals surface area contributed by atoms with E-state index in [9.17, 15) is 8.42 Å². The summed E-state index contributed by atoms with van der Waals surface area (Å²) in [4.78, 5) is 0. The molecule has 0 spiro atoms. The molecule has 6 nitrogen and oxygen atoms in total. The van der Waals surface area contributed by atoms with Gasteiger partial charge < -0.3 is 4.74 Å². The number of hydrogen-bond acceptors (Lipinski definition) is 4. The van der Waals surface area contributed by atoms with Crippen LogP contribution in [0.25, 0.3) is 22.0 Å². The third-order valence-electron chi connectivity index (χ3n) is 5.95. The molecule has 5 rings (SSSR count). The maximum absolute atomic E-state index is 11.8. The van der Waals surface area contributed by atoms with Gasteiger partial charge in [0.05, 0.1) is 18.0 Å². The molecule has 2 heterocycles. The predicted octanol–water partition coefficient (Wildman–Crippen LogP) is 5.21. The van der Waals surface area contributed by atoms with E-state index in [0.717, 1.165) is 62.7 Å². The molecule has 1 aliphatic rings. The number of rotatable bonds is 4.